The smallest absolute Gasteiger partial charge is 0.273 e. The Labute approximate surface area is 200 Å². The molecule has 7 nitrogen and oxygen atoms in total. The zero-order chi connectivity index (χ0) is 22.9. The Balaban J connectivity index is 1.42. The maximum Gasteiger partial charge on any atom is 0.273 e. The van der Waals surface area contributed by atoms with E-state index in [9.17, 15) is 14.0 Å². The maximum atomic E-state index is 13.3. The van der Waals surface area contributed by atoms with Crippen LogP contribution in [0.15, 0.2) is 64.4 Å². The number of primary amides is 1. The summed E-state index contributed by atoms with van der Waals surface area (Å²) in [4.78, 5) is 32.7. The average Bonchev–Trinajstić information content (AvgIpc) is 3.60. The summed E-state index contributed by atoms with van der Waals surface area (Å²) in [7, 11) is 0. The molecule has 0 bridgehead atoms. The Morgan fingerprint density at radius 3 is 2.39 bits per heavy atom. The van der Waals surface area contributed by atoms with Crippen LogP contribution in [0.2, 0.25) is 0 Å². The number of benzene rings is 1. The Kier molecular flexibility index (Phi) is 5.75. The lowest BCUT2D eigenvalue weighted by molar-refractivity contribution is -0.119. The van der Waals surface area contributed by atoms with Gasteiger partial charge in [0.05, 0.1) is 15.4 Å². The molecule has 0 unspecified atom stereocenters. The highest BCUT2D eigenvalue weighted by molar-refractivity contribution is 7.24. The molecule has 3 aromatic heterocycles. The normalized spacial score (nSPS) is 15.5. The van der Waals surface area contributed by atoms with E-state index in [0.717, 1.165) is 20.3 Å². The predicted octanol–water partition coefficient (Wildman–Crippen LogP) is 4.80. The first-order chi connectivity index (χ1) is 16.0. The Bertz CT molecular complexity index is 1280. The van der Waals surface area contributed by atoms with Crippen LogP contribution in [0.5, 0.6) is 0 Å². The minimum absolute atomic E-state index is 0.0412. The molecule has 11 heteroatoms. The zero-order valence-electron chi connectivity index (χ0n) is 16.9. The lowest BCUT2D eigenvalue weighted by Crippen LogP contribution is -2.39. The van der Waals surface area contributed by atoms with Gasteiger partial charge in [-0.3, -0.25) is 19.9 Å². The van der Waals surface area contributed by atoms with Crippen molar-refractivity contribution in [3.63, 3.8) is 0 Å². The van der Waals surface area contributed by atoms with Crippen LogP contribution in [-0.4, -0.2) is 28.6 Å². The van der Waals surface area contributed by atoms with Gasteiger partial charge in [-0.1, -0.05) is 23.5 Å². The summed E-state index contributed by atoms with van der Waals surface area (Å²) in [6.07, 6.45) is 0.0412. The number of carbonyl (C=O) groups is 2. The molecule has 166 valence electrons. The number of hydrazone groups is 1. The van der Waals surface area contributed by atoms with Gasteiger partial charge in [0.15, 0.2) is 5.13 Å². The highest BCUT2D eigenvalue weighted by Gasteiger charge is 2.35. The fourth-order valence-electron chi connectivity index (χ4n) is 3.40. The van der Waals surface area contributed by atoms with E-state index < -0.39 is 23.7 Å². The van der Waals surface area contributed by atoms with Crippen LogP contribution in [0.3, 0.4) is 0 Å². The van der Waals surface area contributed by atoms with Crippen molar-refractivity contribution in [1.82, 2.24) is 4.98 Å². The van der Waals surface area contributed by atoms with Crippen molar-refractivity contribution in [1.29, 1.82) is 0 Å². The number of thiophene rings is 2. The molecule has 1 aliphatic rings. The minimum atomic E-state index is -0.837. The van der Waals surface area contributed by atoms with Gasteiger partial charge in [0.25, 0.3) is 5.91 Å². The number of thiazole rings is 1. The van der Waals surface area contributed by atoms with E-state index in [1.807, 2.05) is 35.0 Å². The molecule has 0 saturated carbocycles. The Morgan fingerprint density at radius 1 is 1.06 bits per heavy atom. The molecular weight excluding hydrogens is 481 g/mol. The number of aromatic nitrogens is 1. The molecule has 3 N–H and O–H groups in total. The number of hydrogen-bond acceptors (Lipinski definition) is 8. The largest absolute Gasteiger partial charge is 0.368 e. The van der Waals surface area contributed by atoms with Gasteiger partial charge in [-0.05, 0) is 47.2 Å². The van der Waals surface area contributed by atoms with Gasteiger partial charge in [0, 0.05) is 11.3 Å². The number of halogens is 1. The molecule has 33 heavy (non-hydrogen) atoms. The van der Waals surface area contributed by atoms with E-state index in [0.29, 0.717) is 10.8 Å². The summed E-state index contributed by atoms with van der Waals surface area (Å²) >= 11 is 4.56. The zero-order valence-corrected chi connectivity index (χ0v) is 19.3. The van der Waals surface area contributed by atoms with Crippen molar-refractivity contribution in [2.45, 2.75) is 12.5 Å². The Morgan fingerprint density at radius 2 is 1.76 bits per heavy atom. The average molecular weight is 498 g/mol. The first-order valence-electron chi connectivity index (χ1n) is 9.81. The lowest BCUT2D eigenvalue weighted by atomic mass is 10.1. The summed E-state index contributed by atoms with van der Waals surface area (Å²) < 4.78 is 13.3. The summed E-state index contributed by atoms with van der Waals surface area (Å²) in [5.74, 6) is -1.50. The van der Waals surface area contributed by atoms with Crippen molar-refractivity contribution in [3.05, 3.63) is 65.1 Å². The molecular formula is C22H16FN5O2S3. The fourth-order valence-corrected chi connectivity index (χ4v) is 6.01. The van der Waals surface area contributed by atoms with Crippen LogP contribution in [0.4, 0.5) is 15.2 Å². The van der Waals surface area contributed by atoms with E-state index in [1.54, 1.807) is 22.7 Å². The minimum Gasteiger partial charge on any atom is -0.368 e. The molecule has 0 aliphatic carbocycles. The number of anilines is 2. The maximum absolute atomic E-state index is 13.3. The number of carbonyl (C=O) groups excluding carboxylic acids is 2. The molecule has 1 aromatic carbocycles. The van der Waals surface area contributed by atoms with Crippen molar-refractivity contribution in [2.24, 2.45) is 10.8 Å². The standard InChI is InChI=1S/C22H16FN5O2S3/c23-12-5-7-13(8-6-12)28-15(20(24)29)11-14(27-28)21(30)26-22-25-18(16-3-1-9-31-16)19(33-22)17-4-2-10-32-17/h1-10,15H,11H2,(H2,24,29)(H,25,26,30)/t15-/m0/s1. The molecule has 5 rings (SSSR count). The van der Waals surface area contributed by atoms with E-state index in [2.05, 4.69) is 15.4 Å². The number of nitrogens with two attached hydrogens (primary N) is 1. The first-order valence-corrected chi connectivity index (χ1v) is 12.4. The Hall–Kier alpha value is -3.41. The number of hydrogen-bond donors (Lipinski definition) is 2. The molecule has 0 saturated heterocycles. The summed E-state index contributed by atoms with van der Waals surface area (Å²) in [6.45, 7) is 0. The summed E-state index contributed by atoms with van der Waals surface area (Å²) in [5, 5.41) is 12.9. The number of nitrogens with one attached hydrogen (secondary N) is 1. The van der Waals surface area contributed by atoms with Gasteiger partial charge >= 0.3 is 0 Å². The third kappa shape index (κ3) is 4.30. The van der Waals surface area contributed by atoms with Gasteiger partial charge in [-0.2, -0.15) is 5.10 Å². The van der Waals surface area contributed by atoms with Crippen LogP contribution < -0.4 is 16.1 Å². The lowest BCUT2D eigenvalue weighted by Gasteiger charge is -2.20. The molecule has 1 atom stereocenters. The SMILES string of the molecule is NC(=O)[C@@H]1CC(C(=O)Nc2nc(-c3cccs3)c(-c3cccs3)s2)=NN1c1ccc(F)cc1. The molecule has 4 heterocycles. The van der Waals surface area contributed by atoms with E-state index in [4.69, 9.17) is 5.73 Å². The van der Waals surface area contributed by atoms with Gasteiger partial charge in [0.1, 0.15) is 23.3 Å². The van der Waals surface area contributed by atoms with Gasteiger partial charge in [-0.15, -0.1) is 22.7 Å². The highest BCUT2D eigenvalue weighted by atomic mass is 32.1. The van der Waals surface area contributed by atoms with Gasteiger partial charge in [-0.25, -0.2) is 9.37 Å². The summed E-state index contributed by atoms with van der Waals surface area (Å²) in [6, 6.07) is 12.6. The van der Waals surface area contributed by atoms with Crippen LogP contribution >= 0.6 is 34.0 Å². The molecule has 1 aliphatic heterocycles. The van der Waals surface area contributed by atoms with E-state index >= 15 is 0 Å². The summed E-state index contributed by atoms with van der Waals surface area (Å²) in [5.41, 5.74) is 6.96. The number of amides is 2. The van der Waals surface area contributed by atoms with Crippen LogP contribution in [0.25, 0.3) is 20.3 Å². The van der Waals surface area contributed by atoms with Crippen molar-refractivity contribution in [3.8, 4) is 20.3 Å². The second-order valence-electron chi connectivity index (χ2n) is 7.10. The molecule has 0 radical (unpaired) electrons. The molecule has 2 amide bonds. The van der Waals surface area contributed by atoms with Crippen molar-refractivity contribution < 1.29 is 14.0 Å². The van der Waals surface area contributed by atoms with Crippen LogP contribution in [-0.2, 0) is 9.59 Å². The molecule has 0 fully saturated rings. The third-order valence-corrected chi connectivity index (χ3v) is 7.84. The molecule has 4 aromatic rings. The second-order valence-corrected chi connectivity index (χ2v) is 9.99. The first kappa shape index (κ1) is 21.4. The van der Waals surface area contributed by atoms with Crippen molar-refractivity contribution in [2.75, 3.05) is 10.3 Å². The number of nitrogens with zero attached hydrogens (tertiary/aromatic N) is 3. The quantitative estimate of drug-likeness (QED) is 0.400. The third-order valence-electron chi connectivity index (χ3n) is 4.94. The van der Waals surface area contributed by atoms with E-state index in [-0.39, 0.29) is 12.1 Å². The van der Waals surface area contributed by atoms with Crippen LogP contribution in [0, 0.1) is 5.82 Å². The topological polar surface area (TPSA) is 101 Å². The highest BCUT2D eigenvalue weighted by Crippen LogP contribution is 2.42. The fraction of sp³-hybridized carbons (Fsp3) is 0.0909. The van der Waals surface area contributed by atoms with Gasteiger partial charge in [0.2, 0.25) is 5.91 Å². The number of rotatable bonds is 6. The van der Waals surface area contributed by atoms with Crippen LogP contribution in [0.1, 0.15) is 6.42 Å². The second kappa shape index (κ2) is 8.85. The predicted molar refractivity (Wildman–Crippen MR) is 131 cm³/mol. The van der Waals surface area contributed by atoms with Crippen molar-refractivity contribution >= 4 is 62.4 Å². The van der Waals surface area contributed by atoms with E-state index in [1.165, 1.54) is 40.6 Å². The van der Waals surface area contributed by atoms with Gasteiger partial charge < -0.3 is 5.73 Å². The monoisotopic (exact) mass is 497 g/mol. The molecule has 0 spiro atoms.